The summed E-state index contributed by atoms with van der Waals surface area (Å²) in [7, 11) is -3.64. The standard InChI is InChI=1S/C20H19NO3S/c1-15-8-13-20(16(2)14-15)21-25(22,23)19-11-9-18(10-12-19)24-17-6-4-3-5-7-17/h3-14,21H,1-2H3. The van der Waals surface area contributed by atoms with E-state index in [0.29, 0.717) is 17.2 Å². The van der Waals surface area contributed by atoms with E-state index in [-0.39, 0.29) is 4.90 Å². The van der Waals surface area contributed by atoms with Gasteiger partial charge in [0.2, 0.25) is 0 Å². The van der Waals surface area contributed by atoms with Crippen molar-refractivity contribution in [2.45, 2.75) is 18.7 Å². The van der Waals surface area contributed by atoms with Crippen molar-refractivity contribution in [3.63, 3.8) is 0 Å². The lowest BCUT2D eigenvalue weighted by Gasteiger charge is -2.12. The molecule has 25 heavy (non-hydrogen) atoms. The van der Waals surface area contributed by atoms with Crippen LogP contribution >= 0.6 is 0 Å². The predicted molar refractivity (Wildman–Crippen MR) is 99.7 cm³/mol. The van der Waals surface area contributed by atoms with Gasteiger partial charge < -0.3 is 4.74 Å². The van der Waals surface area contributed by atoms with E-state index in [1.165, 1.54) is 12.1 Å². The van der Waals surface area contributed by atoms with Crippen LogP contribution in [0.25, 0.3) is 0 Å². The van der Waals surface area contributed by atoms with Crippen LogP contribution in [0.5, 0.6) is 11.5 Å². The summed E-state index contributed by atoms with van der Waals surface area (Å²) in [6.07, 6.45) is 0. The number of nitrogens with one attached hydrogen (secondary N) is 1. The molecule has 4 nitrogen and oxygen atoms in total. The van der Waals surface area contributed by atoms with Gasteiger partial charge in [-0.05, 0) is 61.9 Å². The lowest BCUT2D eigenvalue weighted by atomic mass is 10.1. The van der Waals surface area contributed by atoms with Gasteiger partial charge in [0.25, 0.3) is 10.0 Å². The summed E-state index contributed by atoms with van der Waals surface area (Å²) in [5, 5.41) is 0. The topological polar surface area (TPSA) is 55.4 Å². The molecule has 0 heterocycles. The van der Waals surface area contributed by atoms with E-state index in [1.807, 2.05) is 56.3 Å². The molecule has 0 unspecified atom stereocenters. The second kappa shape index (κ2) is 6.99. The first-order valence-electron chi connectivity index (χ1n) is 7.87. The van der Waals surface area contributed by atoms with Gasteiger partial charge in [0.15, 0.2) is 0 Å². The van der Waals surface area contributed by atoms with Gasteiger partial charge in [0, 0.05) is 0 Å². The summed E-state index contributed by atoms with van der Waals surface area (Å²) in [5.41, 5.74) is 2.55. The fraction of sp³-hybridized carbons (Fsp3) is 0.100. The van der Waals surface area contributed by atoms with Crippen LogP contribution in [0.15, 0.2) is 77.7 Å². The molecule has 0 aromatic heterocycles. The van der Waals surface area contributed by atoms with Crippen molar-refractivity contribution >= 4 is 15.7 Å². The van der Waals surface area contributed by atoms with Crippen LogP contribution in [0.4, 0.5) is 5.69 Å². The number of sulfonamides is 1. The normalized spacial score (nSPS) is 11.1. The Hall–Kier alpha value is -2.79. The molecule has 0 amide bonds. The van der Waals surface area contributed by atoms with Crippen molar-refractivity contribution in [1.29, 1.82) is 0 Å². The highest BCUT2D eigenvalue weighted by atomic mass is 32.2. The number of hydrogen-bond donors (Lipinski definition) is 1. The van der Waals surface area contributed by atoms with Crippen LogP contribution in [0.2, 0.25) is 0 Å². The molecule has 0 aliphatic carbocycles. The van der Waals surface area contributed by atoms with Crippen molar-refractivity contribution in [2.24, 2.45) is 0 Å². The first-order chi connectivity index (χ1) is 11.9. The van der Waals surface area contributed by atoms with Gasteiger partial charge in [0.05, 0.1) is 10.6 Å². The molecule has 0 saturated heterocycles. The van der Waals surface area contributed by atoms with E-state index >= 15 is 0 Å². The lowest BCUT2D eigenvalue weighted by molar-refractivity contribution is 0.482. The fourth-order valence-corrected chi connectivity index (χ4v) is 3.57. The molecule has 5 heteroatoms. The number of rotatable bonds is 5. The summed E-state index contributed by atoms with van der Waals surface area (Å²) in [4.78, 5) is 0.188. The Morgan fingerprint density at radius 3 is 2.08 bits per heavy atom. The molecule has 3 aromatic carbocycles. The van der Waals surface area contributed by atoms with Crippen LogP contribution in [-0.2, 0) is 10.0 Å². The molecule has 128 valence electrons. The Morgan fingerprint density at radius 1 is 0.800 bits per heavy atom. The van der Waals surface area contributed by atoms with E-state index in [9.17, 15) is 8.42 Å². The third-order valence-corrected chi connectivity index (χ3v) is 5.12. The number of aryl methyl sites for hydroxylation is 2. The van der Waals surface area contributed by atoms with Gasteiger partial charge in [-0.15, -0.1) is 0 Å². The molecule has 0 aliphatic heterocycles. The minimum atomic E-state index is -3.64. The van der Waals surface area contributed by atoms with Crippen molar-refractivity contribution in [1.82, 2.24) is 0 Å². The van der Waals surface area contributed by atoms with Gasteiger partial charge in [0.1, 0.15) is 11.5 Å². The second-order valence-corrected chi connectivity index (χ2v) is 7.49. The van der Waals surface area contributed by atoms with Crippen molar-refractivity contribution in [2.75, 3.05) is 4.72 Å². The fourth-order valence-electron chi connectivity index (χ4n) is 2.44. The maximum atomic E-state index is 12.6. The maximum Gasteiger partial charge on any atom is 0.261 e. The van der Waals surface area contributed by atoms with Crippen LogP contribution in [0.1, 0.15) is 11.1 Å². The Kier molecular flexibility index (Phi) is 4.76. The van der Waals surface area contributed by atoms with Crippen molar-refractivity contribution < 1.29 is 13.2 Å². The van der Waals surface area contributed by atoms with Crippen LogP contribution in [0, 0.1) is 13.8 Å². The Morgan fingerprint density at radius 2 is 1.44 bits per heavy atom. The zero-order chi connectivity index (χ0) is 17.9. The smallest absolute Gasteiger partial charge is 0.261 e. The Balaban J connectivity index is 1.78. The van der Waals surface area contributed by atoms with Gasteiger partial charge in [-0.1, -0.05) is 35.9 Å². The Bertz CT molecular complexity index is 966. The summed E-state index contributed by atoms with van der Waals surface area (Å²) >= 11 is 0. The molecule has 0 bridgehead atoms. The third kappa shape index (κ3) is 4.19. The van der Waals surface area contributed by atoms with Crippen molar-refractivity contribution in [3.05, 3.63) is 83.9 Å². The zero-order valence-electron chi connectivity index (χ0n) is 14.1. The number of ether oxygens (including phenoxy) is 1. The van der Waals surface area contributed by atoms with Crippen LogP contribution in [-0.4, -0.2) is 8.42 Å². The van der Waals surface area contributed by atoms with Gasteiger partial charge >= 0.3 is 0 Å². The van der Waals surface area contributed by atoms with Gasteiger partial charge in [-0.2, -0.15) is 0 Å². The molecule has 0 radical (unpaired) electrons. The lowest BCUT2D eigenvalue weighted by Crippen LogP contribution is -2.13. The van der Waals surface area contributed by atoms with Gasteiger partial charge in [-0.3, -0.25) is 4.72 Å². The highest BCUT2D eigenvalue weighted by Crippen LogP contribution is 2.24. The number of hydrogen-bond acceptors (Lipinski definition) is 3. The second-order valence-electron chi connectivity index (χ2n) is 5.81. The summed E-state index contributed by atoms with van der Waals surface area (Å²) in [5.74, 6) is 1.28. The molecule has 1 N–H and O–H groups in total. The zero-order valence-corrected chi connectivity index (χ0v) is 14.9. The molecule has 0 fully saturated rings. The molecule has 0 spiro atoms. The third-order valence-electron chi connectivity index (χ3n) is 3.74. The number of para-hydroxylation sites is 1. The molecule has 0 atom stereocenters. The molecular formula is C20H19NO3S. The van der Waals surface area contributed by atoms with Crippen LogP contribution < -0.4 is 9.46 Å². The average Bonchev–Trinajstić information content (AvgIpc) is 2.59. The van der Waals surface area contributed by atoms with Crippen molar-refractivity contribution in [3.8, 4) is 11.5 Å². The summed E-state index contributed by atoms with van der Waals surface area (Å²) < 4.78 is 33.4. The van der Waals surface area contributed by atoms with Gasteiger partial charge in [-0.25, -0.2) is 8.42 Å². The minimum Gasteiger partial charge on any atom is -0.457 e. The quantitative estimate of drug-likeness (QED) is 0.710. The Labute approximate surface area is 148 Å². The predicted octanol–water partition coefficient (Wildman–Crippen LogP) is 4.90. The first-order valence-corrected chi connectivity index (χ1v) is 9.35. The SMILES string of the molecule is Cc1ccc(NS(=O)(=O)c2ccc(Oc3ccccc3)cc2)c(C)c1. The minimum absolute atomic E-state index is 0.188. The monoisotopic (exact) mass is 353 g/mol. The molecular weight excluding hydrogens is 334 g/mol. The molecule has 3 aromatic rings. The largest absolute Gasteiger partial charge is 0.457 e. The molecule has 0 aliphatic rings. The summed E-state index contributed by atoms with van der Waals surface area (Å²) in [6, 6.07) is 21.3. The van der Waals surface area contributed by atoms with E-state index in [4.69, 9.17) is 4.74 Å². The van der Waals surface area contributed by atoms with E-state index < -0.39 is 10.0 Å². The van der Waals surface area contributed by atoms with E-state index in [2.05, 4.69) is 4.72 Å². The molecule has 0 saturated carbocycles. The summed E-state index contributed by atoms with van der Waals surface area (Å²) in [6.45, 7) is 3.85. The maximum absolute atomic E-state index is 12.6. The van der Waals surface area contributed by atoms with E-state index in [0.717, 1.165) is 11.1 Å². The first kappa shape index (κ1) is 17.0. The number of benzene rings is 3. The van der Waals surface area contributed by atoms with Crippen LogP contribution in [0.3, 0.4) is 0 Å². The highest BCUT2D eigenvalue weighted by molar-refractivity contribution is 7.92. The molecule has 3 rings (SSSR count). The van der Waals surface area contributed by atoms with E-state index in [1.54, 1.807) is 18.2 Å². The highest BCUT2D eigenvalue weighted by Gasteiger charge is 2.15. The average molecular weight is 353 g/mol. The number of anilines is 1.